The number of nitrogens with zero attached hydrogens (tertiary/aromatic N) is 1. The van der Waals surface area contributed by atoms with Gasteiger partial charge in [-0.3, -0.25) is 0 Å². The average Bonchev–Trinajstić information content (AvgIpc) is 2.53. The van der Waals surface area contributed by atoms with Crippen LogP contribution in [0.4, 0.5) is 24.5 Å². The van der Waals surface area contributed by atoms with Gasteiger partial charge in [0, 0.05) is 25.0 Å². The second-order valence-corrected chi connectivity index (χ2v) is 5.48. The molecule has 0 aliphatic carbocycles. The van der Waals surface area contributed by atoms with E-state index in [-0.39, 0.29) is 0 Å². The molecule has 0 saturated carbocycles. The summed E-state index contributed by atoms with van der Waals surface area (Å²) in [6.45, 7) is 1.82. The van der Waals surface area contributed by atoms with Crippen LogP contribution in [0.15, 0.2) is 42.5 Å². The highest BCUT2D eigenvalue weighted by Crippen LogP contribution is 2.32. The van der Waals surface area contributed by atoms with Gasteiger partial charge in [0.25, 0.3) is 0 Å². The minimum atomic E-state index is -4.30. The molecular weight excluding hydrogens is 289 g/mol. The molecule has 3 rings (SSSR count). The van der Waals surface area contributed by atoms with Crippen LogP contribution in [0, 0.1) is 0 Å². The maximum absolute atomic E-state index is 12.6. The lowest BCUT2D eigenvalue weighted by molar-refractivity contribution is -0.137. The molecule has 1 N–H and O–H groups in total. The Kier molecular flexibility index (Phi) is 3.83. The SMILES string of the molecule is CN(c1ccc(C(F)(F)F)cc1)c1ccc2c(c1)CNCC2. The summed E-state index contributed by atoms with van der Waals surface area (Å²) in [7, 11) is 1.86. The van der Waals surface area contributed by atoms with Crippen LogP contribution < -0.4 is 10.2 Å². The van der Waals surface area contributed by atoms with E-state index in [2.05, 4.69) is 17.4 Å². The number of hydrogen-bond donors (Lipinski definition) is 1. The molecule has 0 unspecified atom stereocenters. The summed E-state index contributed by atoms with van der Waals surface area (Å²) in [6, 6.07) is 11.5. The summed E-state index contributed by atoms with van der Waals surface area (Å²) in [5.41, 5.74) is 3.67. The first-order valence-corrected chi connectivity index (χ1v) is 7.18. The molecule has 1 aliphatic heterocycles. The lowest BCUT2D eigenvalue weighted by atomic mass is 10.00. The van der Waals surface area contributed by atoms with E-state index in [4.69, 9.17) is 0 Å². The molecule has 0 aromatic heterocycles. The molecule has 5 heteroatoms. The number of halogens is 3. The summed E-state index contributed by atoms with van der Waals surface area (Å²) in [5, 5.41) is 3.33. The van der Waals surface area contributed by atoms with Crippen molar-refractivity contribution in [3.05, 3.63) is 59.2 Å². The predicted molar refractivity (Wildman–Crippen MR) is 81.4 cm³/mol. The summed E-state index contributed by atoms with van der Waals surface area (Å²) in [4.78, 5) is 1.90. The molecular formula is C17H17F3N2. The van der Waals surface area contributed by atoms with Crippen molar-refractivity contribution >= 4 is 11.4 Å². The van der Waals surface area contributed by atoms with E-state index in [1.54, 1.807) is 0 Å². The number of benzene rings is 2. The van der Waals surface area contributed by atoms with E-state index in [1.807, 2.05) is 18.0 Å². The van der Waals surface area contributed by atoms with Crippen LogP contribution >= 0.6 is 0 Å². The van der Waals surface area contributed by atoms with E-state index in [9.17, 15) is 13.2 Å². The van der Waals surface area contributed by atoms with Crippen molar-refractivity contribution in [1.82, 2.24) is 5.32 Å². The van der Waals surface area contributed by atoms with Gasteiger partial charge in [-0.05, 0) is 60.5 Å². The largest absolute Gasteiger partial charge is 0.416 e. The fraction of sp³-hybridized carbons (Fsp3) is 0.294. The maximum Gasteiger partial charge on any atom is 0.416 e. The van der Waals surface area contributed by atoms with Crippen LogP contribution in [0.5, 0.6) is 0 Å². The number of fused-ring (bicyclic) bond motifs is 1. The average molecular weight is 306 g/mol. The van der Waals surface area contributed by atoms with E-state index < -0.39 is 11.7 Å². The molecule has 22 heavy (non-hydrogen) atoms. The Morgan fingerprint density at radius 3 is 2.32 bits per heavy atom. The van der Waals surface area contributed by atoms with Crippen molar-refractivity contribution in [2.24, 2.45) is 0 Å². The van der Waals surface area contributed by atoms with Gasteiger partial charge in [-0.15, -0.1) is 0 Å². The van der Waals surface area contributed by atoms with Gasteiger partial charge >= 0.3 is 6.18 Å². The molecule has 2 aromatic carbocycles. The first-order chi connectivity index (χ1) is 10.4. The Balaban J connectivity index is 1.86. The smallest absolute Gasteiger partial charge is 0.345 e. The van der Waals surface area contributed by atoms with Gasteiger partial charge in [0.2, 0.25) is 0 Å². The minimum absolute atomic E-state index is 0.626. The number of hydrogen-bond acceptors (Lipinski definition) is 2. The maximum atomic E-state index is 12.6. The van der Waals surface area contributed by atoms with Crippen molar-refractivity contribution in [2.45, 2.75) is 19.1 Å². The molecule has 2 aromatic rings. The van der Waals surface area contributed by atoms with Crippen molar-refractivity contribution < 1.29 is 13.2 Å². The monoisotopic (exact) mass is 306 g/mol. The first kappa shape index (κ1) is 14.9. The Morgan fingerprint density at radius 1 is 0.955 bits per heavy atom. The fourth-order valence-electron chi connectivity index (χ4n) is 2.70. The lowest BCUT2D eigenvalue weighted by Gasteiger charge is -2.24. The standard InChI is InChI=1S/C17H17F3N2/c1-22(15-6-3-14(4-7-15)17(18,19)20)16-5-2-12-8-9-21-11-13(12)10-16/h2-7,10,21H,8-9,11H2,1H3. The molecule has 0 saturated heterocycles. The van der Waals surface area contributed by atoms with Crippen molar-refractivity contribution in [1.29, 1.82) is 0 Å². The Morgan fingerprint density at radius 2 is 1.64 bits per heavy atom. The third-order valence-corrected chi connectivity index (χ3v) is 4.05. The van der Waals surface area contributed by atoms with Gasteiger partial charge in [-0.2, -0.15) is 13.2 Å². The van der Waals surface area contributed by atoms with E-state index in [0.29, 0.717) is 0 Å². The molecule has 1 aliphatic rings. The second-order valence-electron chi connectivity index (χ2n) is 5.48. The van der Waals surface area contributed by atoms with Crippen LogP contribution in [0.25, 0.3) is 0 Å². The Bertz CT molecular complexity index is 663. The molecule has 0 atom stereocenters. The fourth-order valence-corrected chi connectivity index (χ4v) is 2.70. The predicted octanol–water partition coefficient (Wildman–Crippen LogP) is 4.12. The third-order valence-electron chi connectivity index (χ3n) is 4.05. The number of alkyl halides is 3. The second kappa shape index (κ2) is 5.65. The van der Waals surface area contributed by atoms with Crippen LogP contribution in [-0.4, -0.2) is 13.6 Å². The van der Waals surface area contributed by atoms with Gasteiger partial charge in [-0.1, -0.05) is 6.07 Å². The molecule has 0 bridgehead atoms. The number of anilines is 2. The molecule has 0 fully saturated rings. The molecule has 0 amide bonds. The van der Waals surface area contributed by atoms with Crippen LogP contribution in [0.1, 0.15) is 16.7 Å². The zero-order chi connectivity index (χ0) is 15.7. The molecule has 0 radical (unpaired) electrons. The van der Waals surface area contributed by atoms with Crippen LogP contribution in [-0.2, 0) is 19.1 Å². The van der Waals surface area contributed by atoms with Crippen LogP contribution in [0.3, 0.4) is 0 Å². The lowest BCUT2D eigenvalue weighted by Crippen LogP contribution is -2.24. The highest BCUT2D eigenvalue weighted by atomic mass is 19.4. The Labute approximate surface area is 127 Å². The number of nitrogens with one attached hydrogen (secondary N) is 1. The topological polar surface area (TPSA) is 15.3 Å². The van der Waals surface area contributed by atoms with Gasteiger partial charge in [0.1, 0.15) is 0 Å². The molecule has 116 valence electrons. The number of rotatable bonds is 2. The summed E-state index contributed by atoms with van der Waals surface area (Å²) in [6.07, 6.45) is -3.28. The third kappa shape index (κ3) is 2.95. The first-order valence-electron chi connectivity index (χ1n) is 7.18. The van der Waals surface area contributed by atoms with Gasteiger partial charge < -0.3 is 10.2 Å². The summed E-state index contributed by atoms with van der Waals surface area (Å²) < 4.78 is 37.8. The van der Waals surface area contributed by atoms with E-state index >= 15 is 0 Å². The highest BCUT2D eigenvalue weighted by Gasteiger charge is 2.30. The quantitative estimate of drug-likeness (QED) is 0.898. The minimum Gasteiger partial charge on any atom is -0.345 e. The van der Waals surface area contributed by atoms with Crippen molar-refractivity contribution in [3.63, 3.8) is 0 Å². The van der Waals surface area contributed by atoms with E-state index in [1.165, 1.54) is 23.3 Å². The van der Waals surface area contributed by atoms with Crippen molar-refractivity contribution in [2.75, 3.05) is 18.5 Å². The molecule has 0 spiro atoms. The summed E-state index contributed by atoms with van der Waals surface area (Å²) >= 11 is 0. The van der Waals surface area contributed by atoms with Gasteiger partial charge in [0.05, 0.1) is 5.56 Å². The zero-order valence-corrected chi connectivity index (χ0v) is 12.2. The summed E-state index contributed by atoms with van der Waals surface area (Å²) in [5.74, 6) is 0. The Hall–Kier alpha value is -2.01. The molecule has 2 nitrogen and oxygen atoms in total. The van der Waals surface area contributed by atoms with Gasteiger partial charge in [0.15, 0.2) is 0 Å². The highest BCUT2D eigenvalue weighted by molar-refractivity contribution is 5.64. The van der Waals surface area contributed by atoms with Gasteiger partial charge in [-0.25, -0.2) is 0 Å². The van der Waals surface area contributed by atoms with Crippen LogP contribution in [0.2, 0.25) is 0 Å². The zero-order valence-electron chi connectivity index (χ0n) is 12.2. The normalized spacial score (nSPS) is 14.5. The van der Waals surface area contributed by atoms with Crippen molar-refractivity contribution in [3.8, 4) is 0 Å². The molecule has 1 heterocycles. The van der Waals surface area contributed by atoms with E-state index in [0.717, 1.165) is 43.0 Å².